The van der Waals surface area contributed by atoms with Crippen molar-refractivity contribution < 1.29 is 0 Å². The fraction of sp³-hybridized carbons (Fsp3) is 0.733. The van der Waals surface area contributed by atoms with E-state index in [0.29, 0.717) is 5.56 Å². The molecule has 1 N–H and O–H groups in total. The smallest absolute Gasteiger partial charge is 0.297 e. The molecule has 0 aromatic carbocycles. The molecule has 0 bridgehead atoms. The van der Waals surface area contributed by atoms with Crippen molar-refractivity contribution in [2.24, 2.45) is 0 Å². The number of rotatable bonds is 5. The third-order valence-electron chi connectivity index (χ3n) is 4.34. The fourth-order valence-corrected chi connectivity index (χ4v) is 3.60. The van der Waals surface area contributed by atoms with Crippen LogP contribution in [0.25, 0.3) is 0 Å². The van der Waals surface area contributed by atoms with E-state index in [1.54, 1.807) is 0 Å². The van der Waals surface area contributed by atoms with Gasteiger partial charge in [0.1, 0.15) is 5.15 Å². The van der Waals surface area contributed by atoms with Crippen LogP contribution in [-0.4, -0.2) is 9.55 Å². The molecule has 1 aliphatic rings. The van der Waals surface area contributed by atoms with Gasteiger partial charge in [-0.2, -0.15) is 0 Å². The minimum atomic E-state index is -0.373. The lowest BCUT2D eigenvalue weighted by molar-refractivity contribution is 0.414. The zero-order valence-corrected chi connectivity index (χ0v) is 13.0. The highest BCUT2D eigenvalue weighted by atomic mass is 35.5. The summed E-state index contributed by atoms with van der Waals surface area (Å²) in [5.41, 5.74) is 0.0753. The maximum absolute atomic E-state index is 12.7. The third-order valence-corrected chi connectivity index (χ3v) is 4.64. The van der Waals surface area contributed by atoms with Crippen LogP contribution in [0.5, 0.6) is 0 Å². The van der Waals surface area contributed by atoms with Gasteiger partial charge >= 0.3 is 5.69 Å². The first-order chi connectivity index (χ1) is 9.60. The number of nitrogens with one attached hydrogen (secondary N) is 1. The van der Waals surface area contributed by atoms with Gasteiger partial charge < -0.3 is 0 Å². The number of aromatic nitrogens is 2. The predicted molar refractivity (Wildman–Crippen MR) is 81.8 cm³/mol. The Morgan fingerprint density at radius 3 is 2.50 bits per heavy atom. The Morgan fingerprint density at radius 2 is 1.95 bits per heavy atom. The third kappa shape index (κ3) is 2.85. The molecule has 1 saturated carbocycles. The molecule has 0 spiro atoms. The zero-order valence-electron chi connectivity index (χ0n) is 12.2. The van der Waals surface area contributed by atoms with Crippen LogP contribution < -0.4 is 11.2 Å². The van der Waals surface area contributed by atoms with Gasteiger partial charge in [0.15, 0.2) is 0 Å². The Balaban J connectivity index is 2.54. The van der Waals surface area contributed by atoms with Gasteiger partial charge in [0.05, 0.1) is 5.56 Å². The average Bonchev–Trinajstić information content (AvgIpc) is 2.90. The standard InChI is InChI=1S/C15H23ClN2O2/c1-3-7-11(4-2)18-14(19)12(10-8-5-6-9-10)13(16)17-15(18)20/h10-11H,3-9H2,1-2H3,(H,17,20). The molecule has 0 aliphatic heterocycles. The summed E-state index contributed by atoms with van der Waals surface area (Å²) in [6, 6.07) is -0.0336. The van der Waals surface area contributed by atoms with E-state index in [9.17, 15) is 9.59 Å². The summed E-state index contributed by atoms with van der Waals surface area (Å²) in [6.45, 7) is 4.08. The molecule has 0 amide bonds. The van der Waals surface area contributed by atoms with Crippen molar-refractivity contribution in [1.29, 1.82) is 0 Å². The van der Waals surface area contributed by atoms with E-state index >= 15 is 0 Å². The maximum atomic E-state index is 12.7. The highest BCUT2D eigenvalue weighted by molar-refractivity contribution is 6.30. The highest BCUT2D eigenvalue weighted by Crippen LogP contribution is 2.34. The molecule has 1 aliphatic carbocycles. The molecule has 2 rings (SSSR count). The Bertz CT molecular complexity index is 570. The summed E-state index contributed by atoms with van der Waals surface area (Å²) in [4.78, 5) is 27.5. The van der Waals surface area contributed by atoms with Crippen molar-refractivity contribution in [3.63, 3.8) is 0 Å². The Kier molecular flexibility index (Phi) is 5.08. The van der Waals surface area contributed by atoms with Gasteiger partial charge in [-0.3, -0.25) is 14.3 Å². The van der Waals surface area contributed by atoms with Crippen molar-refractivity contribution in [2.45, 2.75) is 70.8 Å². The largest absolute Gasteiger partial charge is 0.329 e. The number of H-pyrrole nitrogens is 1. The molecule has 1 unspecified atom stereocenters. The first-order valence-electron chi connectivity index (χ1n) is 7.64. The van der Waals surface area contributed by atoms with Gasteiger partial charge in [-0.15, -0.1) is 0 Å². The molecule has 5 heteroatoms. The summed E-state index contributed by atoms with van der Waals surface area (Å²) in [5, 5.41) is 0.245. The summed E-state index contributed by atoms with van der Waals surface area (Å²) in [5.74, 6) is 0.206. The predicted octanol–water partition coefficient (Wildman–Crippen LogP) is 3.60. The second-order valence-electron chi connectivity index (χ2n) is 5.67. The molecular formula is C15H23ClN2O2. The van der Waals surface area contributed by atoms with Crippen molar-refractivity contribution in [1.82, 2.24) is 9.55 Å². The lowest BCUT2D eigenvalue weighted by Gasteiger charge is -2.19. The fourth-order valence-electron chi connectivity index (χ4n) is 3.29. The van der Waals surface area contributed by atoms with E-state index in [1.807, 2.05) is 6.92 Å². The number of hydrogen-bond donors (Lipinski definition) is 1. The topological polar surface area (TPSA) is 54.9 Å². The van der Waals surface area contributed by atoms with Crippen molar-refractivity contribution in [3.8, 4) is 0 Å². The molecule has 4 nitrogen and oxygen atoms in total. The van der Waals surface area contributed by atoms with E-state index in [0.717, 1.165) is 44.9 Å². The Hall–Kier alpha value is -1.03. The molecule has 1 fully saturated rings. The molecular weight excluding hydrogens is 276 g/mol. The molecule has 20 heavy (non-hydrogen) atoms. The minimum Gasteiger partial charge on any atom is -0.297 e. The highest BCUT2D eigenvalue weighted by Gasteiger charge is 2.26. The summed E-state index contributed by atoms with van der Waals surface area (Å²) in [6.07, 6.45) is 6.81. The van der Waals surface area contributed by atoms with E-state index in [4.69, 9.17) is 11.6 Å². The lowest BCUT2D eigenvalue weighted by Crippen LogP contribution is -2.40. The normalized spacial score (nSPS) is 17.6. The van der Waals surface area contributed by atoms with Crippen LogP contribution in [0, 0.1) is 0 Å². The van der Waals surface area contributed by atoms with Crippen LogP contribution in [0.1, 0.15) is 76.3 Å². The minimum absolute atomic E-state index is 0.0336. The molecule has 0 saturated heterocycles. The van der Waals surface area contributed by atoms with E-state index in [2.05, 4.69) is 11.9 Å². The van der Waals surface area contributed by atoms with Crippen molar-refractivity contribution in [3.05, 3.63) is 31.6 Å². The van der Waals surface area contributed by atoms with Crippen LogP contribution >= 0.6 is 11.6 Å². The van der Waals surface area contributed by atoms with Gasteiger partial charge in [-0.1, -0.05) is 44.7 Å². The SMILES string of the molecule is CCCC(CC)n1c(=O)[nH]c(Cl)c(C2CCCC2)c1=O. The molecule has 112 valence electrons. The van der Waals surface area contributed by atoms with Gasteiger partial charge in [0.2, 0.25) is 0 Å². The number of aromatic amines is 1. The Morgan fingerprint density at radius 1 is 1.30 bits per heavy atom. The first-order valence-corrected chi connectivity index (χ1v) is 8.02. The molecule has 1 aromatic rings. The number of hydrogen-bond acceptors (Lipinski definition) is 2. The van der Waals surface area contributed by atoms with E-state index in [1.165, 1.54) is 4.57 Å². The molecule has 1 aromatic heterocycles. The Labute approximate surface area is 124 Å². The van der Waals surface area contributed by atoms with Crippen LogP contribution in [0.4, 0.5) is 0 Å². The van der Waals surface area contributed by atoms with E-state index < -0.39 is 0 Å². The second kappa shape index (κ2) is 6.61. The van der Waals surface area contributed by atoms with Gasteiger partial charge in [-0.25, -0.2) is 4.79 Å². The van der Waals surface area contributed by atoms with Crippen LogP contribution in [0.3, 0.4) is 0 Å². The van der Waals surface area contributed by atoms with Gasteiger partial charge in [-0.05, 0) is 31.6 Å². The maximum Gasteiger partial charge on any atom is 0.329 e. The average molecular weight is 299 g/mol. The van der Waals surface area contributed by atoms with Gasteiger partial charge in [0.25, 0.3) is 5.56 Å². The van der Waals surface area contributed by atoms with Crippen LogP contribution in [0.15, 0.2) is 9.59 Å². The second-order valence-corrected chi connectivity index (χ2v) is 6.04. The number of nitrogens with zero attached hydrogens (tertiary/aromatic N) is 1. The zero-order chi connectivity index (χ0) is 14.7. The number of halogens is 1. The van der Waals surface area contributed by atoms with Crippen LogP contribution in [-0.2, 0) is 0 Å². The van der Waals surface area contributed by atoms with Crippen LogP contribution in [0.2, 0.25) is 5.15 Å². The molecule has 1 atom stereocenters. The summed E-state index contributed by atoms with van der Waals surface area (Å²) >= 11 is 6.14. The van der Waals surface area contributed by atoms with Crippen molar-refractivity contribution in [2.75, 3.05) is 0 Å². The molecule has 0 radical (unpaired) electrons. The molecule has 1 heterocycles. The van der Waals surface area contributed by atoms with Gasteiger partial charge in [0, 0.05) is 6.04 Å². The summed E-state index contributed by atoms with van der Waals surface area (Å²) < 4.78 is 1.39. The quantitative estimate of drug-likeness (QED) is 0.844. The van der Waals surface area contributed by atoms with E-state index in [-0.39, 0.29) is 28.4 Å². The monoisotopic (exact) mass is 298 g/mol. The lowest BCUT2D eigenvalue weighted by atomic mass is 10.00. The first kappa shape index (κ1) is 15.4. The summed E-state index contributed by atoms with van der Waals surface area (Å²) in [7, 11) is 0. The van der Waals surface area contributed by atoms with Crippen molar-refractivity contribution >= 4 is 11.6 Å².